The van der Waals surface area contributed by atoms with E-state index in [0.717, 1.165) is 0 Å². The van der Waals surface area contributed by atoms with E-state index in [4.69, 9.17) is 0 Å². The first-order valence-corrected chi connectivity index (χ1v) is 15.6. The van der Waals surface area contributed by atoms with E-state index in [1.54, 1.807) is 34.3 Å². The number of amides is 8. The minimum atomic E-state index is -4.25. The molecule has 0 saturated heterocycles. The Hall–Kier alpha value is -3.36. The van der Waals surface area contributed by atoms with Crippen molar-refractivity contribution < 1.29 is 32.1 Å². The quantitative estimate of drug-likeness (QED) is 0.238. The molecule has 0 saturated carbocycles. The Bertz CT molecular complexity index is 960. The van der Waals surface area contributed by atoms with Crippen LogP contribution in [0.3, 0.4) is 0 Å². The molecule has 39 heavy (non-hydrogen) atoms. The lowest BCUT2D eigenvalue weighted by atomic mass is 10.4. The monoisotopic (exact) mass is 592 g/mol. The maximum Gasteiger partial charge on any atom is 0.319 e. The molecule has 0 unspecified atom stereocenters. The second-order valence-corrected chi connectivity index (χ2v) is 13.9. The van der Waals surface area contributed by atoms with Crippen LogP contribution in [-0.2, 0) is 10.1 Å². The van der Waals surface area contributed by atoms with Crippen molar-refractivity contribution in [2.24, 2.45) is 0 Å². The van der Waals surface area contributed by atoms with Crippen molar-refractivity contribution in [3.63, 3.8) is 0 Å². The molecule has 0 aliphatic rings. The van der Waals surface area contributed by atoms with Gasteiger partial charge in [-0.2, -0.15) is 0 Å². The van der Waals surface area contributed by atoms with Crippen molar-refractivity contribution in [2.75, 3.05) is 81.5 Å². The van der Waals surface area contributed by atoms with E-state index in [1.807, 2.05) is 0 Å². The minimum Gasteiger partial charge on any atom is -0.744 e. The fourth-order valence-electron chi connectivity index (χ4n) is 3.68. The average molecular weight is 593 g/mol. The fourth-order valence-corrected chi connectivity index (χ4v) is 8.82. The molecule has 0 spiro atoms. The smallest absolute Gasteiger partial charge is 0.319 e. The zero-order valence-electron chi connectivity index (χ0n) is 23.7. The van der Waals surface area contributed by atoms with Crippen molar-refractivity contribution in [3.05, 3.63) is 30.3 Å². The SMILES string of the molecule is CNC(=O)N(C)C[P+](CN(C)C(=O)NC)(CN(C)C(=O)NC)CN(C)C(=O)NC.O=S(=O)([O-])c1ccccc1. The first-order chi connectivity index (χ1) is 18.1. The maximum absolute atomic E-state index is 12.2. The highest BCUT2D eigenvalue weighted by Crippen LogP contribution is 2.59. The third-order valence-corrected chi connectivity index (χ3v) is 10.3. The molecule has 222 valence electrons. The summed E-state index contributed by atoms with van der Waals surface area (Å²) < 4.78 is 30.8. The first-order valence-electron chi connectivity index (χ1n) is 11.6. The zero-order chi connectivity index (χ0) is 30.4. The van der Waals surface area contributed by atoms with Gasteiger partial charge in [0.2, 0.25) is 0 Å². The Labute approximate surface area is 231 Å². The minimum absolute atomic E-state index is 0.185. The van der Waals surface area contributed by atoms with Crippen molar-refractivity contribution >= 4 is 41.5 Å². The molecule has 0 atom stereocenters. The highest BCUT2D eigenvalue weighted by atomic mass is 32.2. The molecule has 0 aliphatic heterocycles. The van der Waals surface area contributed by atoms with E-state index in [1.165, 1.54) is 72.1 Å². The van der Waals surface area contributed by atoms with Crippen molar-refractivity contribution in [1.29, 1.82) is 0 Å². The van der Waals surface area contributed by atoms with Gasteiger partial charge in [0.1, 0.15) is 35.3 Å². The van der Waals surface area contributed by atoms with Gasteiger partial charge in [-0.3, -0.25) is 19.6 Å². The summed E-state index contributed by atoms with van der Waals surface area (Å²) in [5, 5.41) is 10.3. The molecule has 17 heteroatoms. The number of hydrogen-bond acceptors (Lipinski definition) is 7. The van der Waals surface area contributed by atoms with Crippen LogP contribution in [0, 0.1) is 0 Å². The van der Waals surface area contributed by atoms with Crippen LogP contribution >= 0.6 is 7.26 Å². The van der Waals surface area contributed by atoms with Crippen LogP contribution in [0.4, 0.5) is 19.2 Å². The van der Waals surface area contributed by atoms with Gasteiger partial charge in [0.25, 0.3) is 0 Å². The van der Waals surface area contributed by atoms with Gasteiger partial charge in [-0.05, 0) is 12.1 Å². The molecular weight excluding hydrogens is 551 g/mol. The van der Waals surface area contributed by atoms with E-state index >= 15 is 0 Å². The van der Waals surface area contributed by atoms with E-state index in [0.29, 0.717) is 25.1 Å². The van der Waals surface area contributed by atoms with Gasteiger partial charge in [-0.15, -0.1) is 0 Å². The van der Waals surface area contributed by atoms with Crippen LogP contribution in [0.25, 0.3) is 0 Å². The normalized spacial score (nSPS) is 10.7. The average Bonchev–Trinajstić information content (AvgIpc) is 2.90. The first kappa shape index (κ1) is 35.6. The van der Waals surface area contributed by atoms with Gasteiger partial charge in [0, 0.05) is 56.4 Å². The lowest BCUT2D eigenvalue weighted by Crippen LogP contribution is -2.47. The molecule has 0 fully saturated rings. The standard InChI is InChI=1S/C16H35N8O4P.C6H6O3S/c1-17-13(25)21(5)9-29(10-22(6)14(26)18-2,11-23(7)15(27)19-3)12-24(8)16(28)20-4;7-10(8,9)6-4-2-1-3-5-6/h9-12H2,1-8H3,(H3-,17,18,19,20,25,26,27,28);1-5H,(H,7,8,9). The van der Waals surface area contributed by atoms with E-state index in [-0.39, 0.29) is 29.0 Å². The van der Waals surface area contributed by atoms with Crippen molar-refractivity contribution in [2.45, 2.75) is 4.90 Å². The summed E-state index contributed by atoms with van der Waals surface area (Å²) in [4.78, 5) is 54.6. The second kappa shape index (κ2) is 16.6. The summed E-state index contributed by atoms with van der Waals surface area (Å²) in [6.07, 6.45) is 1.21. The maximum atomic E-state index is 12.2. The van der Waals surface area contributed by atoms with Gasteiger partial charge in [0.05, 0.1) is 12.2 Å². The lowest BCUT2D eigenvalue weighted by molar-refractivity contribution is 0.211. The number of carbonyl (C=O) groups excluding carboxylic acids is 4. The number of hydrogen-bond donors (Lipinski definition) is 4. The van der Waals surface area contributed by atoms with Crippen LogP contribution in [-0.4, -0.2) is 138 Å². The van der Waals surface area contributed by atoms with Gasteiger partial charge in [-0.25, -0.2) is 27.6 Å². The van der Waals surface area contributed by atoms with Gasteiger partial charge < -0.3 is 25.8 Å². The molecule has 1 aromatic rings. The van der Waals surface area contributed by atoms with E-state index in [9.17, 15) is 32.1 Å². The summed E-state index contributed by atoms with van der Waals surface area (Å²) >= 11 is 0. The molecule has 4 N–H and O–H groups in total. The Morgan fingerprint density at radius 3 is 1.08 bits per heavy atom. The van der Waals surface area contributed by atoms with Crippen molar-refractivity contribution in [1.82, 2.24) is 40.9 Å². The highest BCUT2D eigenvalue weighted by Gasteiger charge is 2.46. The summed E-state index contributed by atoms with van der Waals surface area (Å²) in [7, 11) is 6.13. The molecule has 0 bridgehead atoms. The number of urea groups is 4. The highest BCUT2D eigenvalue weighted by molar-refractivity contribution is 7.85. The molecular formula is C22H41N8O7PS. The predicted octanol–water partition coefficient (Wildman–Crippen LogP) is 0.510. The Morgan fingerprint density at radius 2 is 0.897 bits per heavy atom. The largest absolute Gasteiger partial charge is 0.744 e. The molecule has 1 rings (SSSR count). The third-order valence-electron chi connectivity index (χ3n) is 5.32. The van der Waals surface area contributed by atoms with Crippen LogP contribution in [0.15, 0.2) is 35.2 Å². The molecule has 0 aromatic heterocycles. The summed E-state index contributed by atoms with van der Waals surface area (Å²) in [5.41, 5.74) is 0. The molecule has 0 aliphatic carbocycles. The number of nitrogens with zero attached hydrogens (tertiary/aromatic N) is 4. The molecule has 1 aromatic carbocycles. The van der Waals surface area contributed by atoms with Gasteiger partial charge >= 0.3 is 24.1 Å². The summed E-state index contributed by atoms with van der Waals surface area (Å²) in [6, 6.07) is 6.03. The molecule has 15 nitrogen and oxygen atoms in total. The number of nitrogens with one attached hydrogen (secondary N) is 4. The van der Waals surface area contributed by atoms with Crippen LogP contribution in [0.1, 0.15) is 0 Å². The Balaban J connectivity index is 0.00000120. The molecule has 0 radical (unpaired) electrons. The lowest BCUT2D eigenvalue weighted by Gasteiger charge is -2.37. The number of carbonyl (C=O) groups is 4. The molecule has 0 heterocycles. The number of rotatable bonds is 9. The van der Waals surface area contributed by atoms with Crippen LogP contribution in [0.2, 0.25) is 0 Å². The summed E-state index contributed by atoms with van der Waals surface area (Å²) in [6.45, 7) is 0. The molecule has 8 amide bonds. The number of benzene rings is 1. The van der Waals surface area contributed by atoms with Crippen LogP contribution in [0.5, 0.6) is 0 Å². The van der Waals surface area contributed by atoms with Gasteiger partial charge in [-0.1, -0.05) is 18.2 Å². The Morgan fingerprint density at radius 1 is 0.641 bits per heavy atom. The van der Waals surface area contributed by atoms with Gasteiger partial charge in [0.15, 0.2) is 0 Å². The topological polar surface area (TPSA) is 187 Å². The van der Waals surface area contributed by atoms with E-state index < -0.39 is 17.4 Å². The predicted molar refractivity (Wildman–Crippen MR) is 150 cm³/mol. The Kier molecular flexibility index (Phi) is 15.1. The zero-order valence-corrected chi connectivity index (χ0v) is 25.4. The van der Waals surface area contributed by atoms with Crippen molar-refractivity contribution in [3.8, 4) is 0 Å². The second-order valence-electron chi connectivity index (χ2n) is 8.69. The van der Waals surface area contributed by atoms with E-state index in [2.05, 4.69) is 21.3 Å². The fraction of sp³-hybridized carbons (Fsp3) is 0.545. The third kappa shape index (κ3) is 12.4. The van der Waals surface area contributed by atoms with Crippen LogP contribution < -0.4 is 21.3 Å². The summed E-state index contributed by atoms with van der Waals surface area (Å²) in [5.74, 6) is 0.